The van der Waals surface area contributed by atoms with Crippen molar-refractivity contribution in [2.24, 2.45) is 7.05 Å². The molecule has 0 aliphatic carbocycles. The summed E-state index contributed by atoms with van der Waals surface area (Å²) in [6, 6.07) is 5.64. The van der Waals surface area contributed by atoms with Gasteiger partial charge >= 0.3 is 0 Å². The highest BCUT2D eigenvalue weighted by molar-refractivity contribution is 5.98. The molecular weight excluding hydrogens is 386 g/mol. The van der Waals surface area contributed by atoms with Gasteiger partial charge in [0.2, 0.25) is 5.91 Å². The largest absolute Gasteiger partial charge is 0.377 e. The summed E-state index contributed by atoms with van der Waals surface area (Å²) in [5.41, 5.74) is 2.76. The number of amides is 2. The maximum absolute atomic E-state index is 12.8. The molecule has 1 N–H and O–H groups in total. The van der Waals surface area contributed by atoms with Crippen LogP contribution in [-0.2, 0) is 29.4 Å². The first kappa shape index (κ1) is 20.0. The van der Waals surface area contributed by atoms with Gasteiger partial charge in [0.05, 0.1) is 25.7 Å². The average molecular weight is 411 g/mol. The lowest BCUT2D eigenvalue weighted by molar-refractivity contribution is -0.139. The van der Waals surface area contributed by atoms with Crippen LogP contribution in [0.15, 0.2) is 24.4 Å². The molecule has 1 aromatic carbocycles. The number of carbonyl (C=O) groups is 2. The number of ether oxygens (including phenoxy) is 1. The molecule has 1 aliphatic rings. The molecule has 30 heavy (non-hydrogen) atoms. The SMILES string of the molecule is CN(C)C(=O)c1ccc2c(c1)c(C[C@H]1COCCN1C(=O)Cc1nn[nH]n1)cn2C. The molecule has 1 saturated heterocycles. The number of carbonyl (C=O) groups excluding carboxylic acids is 2. The maximum Gasteiger partial charge on any atom is 0.253 e. The third-order valence-electron chi connectivity index (χ3n) is 5.43. The number of morpholine rings is 1. The van der Waals surface area contributed by atoms with Gasteiger partial charge in [-0.3, -0.25) is 9.59 Å². The van der Waals surface area contributed by atoms with E-state index in [9.17, 15) is 9.59 Å². The summed E-state index contributed by atoms with van der Waals surface area (Å²) < 4.78 is 7.72. The number of fused-ring (bicyclic) bond motifs is 1. The van der Waals surface area contributed by atoms with Crippen molar-refractivity contribution >= 4 is 22.7 Å². The number of nitrogens with zero attached hydrogens (tertiary/aromatic N) is 6. The zero-order chi connectivity index (χ0) is 21.3. The number of aromatic amines is 1. The number of nitrogens with one attached hydrogen (secondary N) is 1. The summed E-state index contributed by atoms with van der Waals surface area (Å²) in [5.74, 6) is 0.292. The van der Waals surface area contributed by atoms with Gasteiger partial charge in [-0.15, -0.1) is 10.2 Å². The normalized spacial score (nSPS) is 16.8. The highest BCUT2D eigenvalue weighted by Crippen LogP contribution is 2.26. The van der Waals surface area contributed by atoms with Crippen LogP contribution < -0.4 is 0 Å². The van der Waals surface area contributed by atoms with Crippen LogP contribution in [0.2, 0.25) is 0 Å². The molecule has 1 fully saturated rings. The van der Waals surface area contributed by atoms with E-state index in [2.05, 4.69) is 26.8 Å². The Morgan fingerprint density at radius 2 is 2.17 bits per heavy atom. The standard InChI is InChI=1S/C20H25N7O3/c1-25(2)20(29)13-4-5-17-16(9-13)14(11-26(17)3)8-15-12-30-7-6-27(15)19(28)10-18-21-23-24-22-18/h4-5,9,11,15H,6-8,10,12H2,1-3H3,(H,21,22,23,24)/t15-/m0/s1. The lowest BCUT2D eigenvalue weighted by Gasteiger charge is -2.35. The van der Waals surface area contributed by atoms with E-state index in [1.165, 1.54) is 0 Å². The molecule has 3 aromatic rings. The Balaban J connectivity index is 1.60. The molecule has 10 nitrogen and oxygen atoms in total. The van der Waals surface area contributed by atoms with Crippen molar-refractivity contribution in [2.75, 3.05) is 33.9 Å². The number of rotatable bonds is 5. The zero-order valence-electron chi connectivity index (χ0n) is 17.3. The second-order valence-corrected chi connectivity index (χ2v) is 7.72. The quantitative estimate of drug-likeness (QED) is 0.651. The minimum atomic E-state index is -0.100. The van der Waals surface area contributed by atoms with Gasteiger partial charge in [0.1, 0.15) is 0 Å². The summed E-state index contributed by atoms with van der Waals surface area (Å²) in [4.78, 5) is 28.7. The van der Waals surface area contributed by atoms with E-state index < -0.39 is 0 Å². The molecule has 158 valence electrons. The van der Waals surface area contributed by atoms with Gasteiger partial charge in [-0.1, -0.05) is 5.21 Å². The van der Waals surface area contributed by atoms with Crippen LogP contribution in [0.25, 0.3) is 10.9 Å². The molecule has 0 saturated carbocycles. The topological polar surface area (TPSA) is 109 Å². The summed E-state index contributed by atoms with van der Waals surface area (Å²) in [5, 5.41) is 14.7. The molecule has 2 aromatic heterocycles. The Kier molecular flexibility index (Phi) is 5.49. The van der Waals surface area contributed by atoms with E-state index in [0.717, 1.165) is 16.5 Å². The van der Waals surface area contributed by atoms with Crippen molar-refractivity contribution in [1.82, 2.24) is 35.0 Å². The van der Waals surface area contributed by atoms with Crippen LogP contribution in [-0.4, -0.2) is 86.7 Å². The second kappa shape index (κ2) is 8.23. The molecule has 0 unspecified atom stereocenters. The van der Waals surface area contributed by atoms with E-state index in [-0.39, 0.29) is 24.3 Å². The molecule has 1 aliphatic heterocycles. The van der Waals surface area contributed by atoms with Crippen molar-refractivity contribution < 1.29 is 14.3 Å². The predicted octanol–water partition coefficient (Wildman–Crippen LogP) is 0.406. The van der Waals surface area contributed by atoms with Crippen LogP contribution in [0, 0.1) is 0 Å². The second-order valence-electron chi connectivity index (χ2n) is 7.72. The number of tetrazole rings is 1. The number of H-pyrrole nitrogens is 1. The van der Waals surface area contributed by atoms with Gasteiger partial charge in [-0.2, -0.15) is 5.21 Å². The first-order chi connectivity index (χ1) is 14.4. The molecule has 1 atom stereocenters. The van der Waals surface area contributed by atoms with Crippen LogP contribution in [0.1, 0.15) is 21.7 Å². The molecule has 4 rings (SSSR count). The smallest absolute Gasteiger partial charge is 0.253 e. The Bertz CT molecular complexity index is 1060. The van der Waals surface area contributed by atoms with E-state index in [0.29, 0.717) is 37.6 Å². The van der Waals surface area contributed by atoms with E-state index in [4.69, 9.17) is 4.74 Å². The van der Waals surface area contributed by atoms with Crippen LogP contribution >= 0.6 is 0 Å². The van der Waals surface area contributed by atoms with Gasteiger partial charge in [0.15, 0.2) is 5.82 Å². The monoisotopic (exact) mass is 411 g/mol. The van der Waals surface area contributed by atoms with Gasteiger partial charge in [0, 0.05) is 50.4 Å². The molecule has 3 heterocycles. The molecule has 2 amide bonds. The van der Waals surface area contributed by atoms with Gasteiger partial charge in [-0.25, -0.2) is 0 Å². The molecule has 10 heteroatoms. The Labute approximate surface area is 173 Å². The third-order valence-corrected chi connectivity index (χ3v) is 5.43. The van der Waals surface area contributed by atoms with Crippen LogP contribution in [0.3, 0.4) is 0 Å². The van der Waals surface area contributed by atoms with E-state index >= 15 is 0 Å². The van der Waals surface area contributed by atoms with Crippen molar-refractivity contribution in [3.8, 4) is 0 Å². The Morgan fingerprint density at radius 1 is 1.33 bits per heavy atom. The first-order valence-corrected chi connectivity index (χ1v) is 9.83. The van der Waals surface area contributed by atoms with Gasteiger partial charge < -0.3 is 19.1 Å². The number of aryl methyl sites for hydroxylation is 1. The maximum atomic E-state index is 12.8. The van der Waals surface area contributed by atoms with Gasteiger partial charge in [0.25, 0.3) is 5.91 Å². The summed E-state index contributed by atoms with van der Waals surface area (Å²) in [7, 11) is 5.46. The molecule has 0 bridgehead atoms. The van der Waals surface area contributed by atoms with E-state index in [1.807, 2.05) is 34.7 Å². The Morgan fingerprint density at radius 3 is 2.90 bits per heavy atom. The van der Waals surface area contributed by atoms with Crippen molar-refractivity contribution in [3.05, 3.63) is 41.3 Å². The van der Waals surface area contributed by atoms with Crippen molar-refractivity contribution in [1.29, 1.82) is 0 Å². The fourth-order valence-corrected chi connectivity index (χ4v) is 3.93. The average Bonchev–Trinajstić information content (AvgIpc) is 3.35. The number of hydrogen-bond acceptors (Lipinski definition) is 6. The zero-order valence-corrected chi connectivity index (χ0v) is 17.3. The summed E-state index contributed by atoms with van der Waals surface area (Å²) in [6.45, 7) is 1.49. The third kappa shape index (κ3) is 3.90. The number of benzene rings is 1. The minimum Gasteiger partial charge on any atom is -0.377 e. The van der Waals surface area contributed by atoms with Crippen molar-refractivity contribution in [3.63, 3.8) is 0 Å². The van der Waals surface area contributed by atoms with E-state index in [1.54, 1.807) is 19.0 Å². The van der Waals surface area contributed by atoms with Crippen LogP contribution in [0.4, 0.5) is 0 Å². The van der Waals surface area contributed by atoms with Crippen molar-refractivity contribution in [2.45, 2.75) is 18.9 Å². The fraction of sp³-hybridized carbons (Fsp3) is 0.450. The lowest BCUT2D eigenvalue weighted by Crippen LogP contribution is -2.50. The highest BCUT2D eigenvalue weighted by Gasteiger charge is 2.29. The summed E-state index contributed by atoms with van der Waals surface area (Å²) in [6.07, 6.45) is 2.80. The highest BCUT2D eigenvalue weighted by atomic mass is 16.5. The lowest BCUT2D eigenvalue weighted by atomic mass is 10.0. The first-order valence-electron chi connectivity index (χ1n) is 9.83. The van der Waals surface area contributed by atoms with Gasteiger partial charge in [-0.05, 0) is 30.2 Å². The summed E-state index contributed by atoms with van der Waals surface area (Å²) >= 11 is 0. The predicted molar refractivity (Wildman–Crippen MR) is 109 cm³/mol. The number of hydrogen-bond donors (Lipinski definition) is 1. The number of aromatic nitrogens is 5. The molecule has 0 radical (unpaired) electrons. The minimum absolute atomic E-state index is 0.0374. The molecule has 0 spiro atoms. The Hall–Kier alpha value is -3.27. The fourth-order valence-electron chi connectivity index (χ4n) is 3.93. The molecular formula is C20H25N7O3. The van der Waals surface area contributed by atoms with Crippen LogP contribution in [0.5, 0.6) is 0 Å².